The van der Waals surface area contributed by atoms with Crippen LogP contribution in [0.5, 0.6) is 0 Å². The molecular formula is C32H31F5N2O5S. The van der Waals surface area contributed by atoms with Gasteiger partial charge in [0.2, 0.25) is 15.9 Å². The van der Waals surface area contributed by atoms with Crippen LogP contribution in [-0.2, 0) is 21.4 Å². The van der Waals surface area contributed by atoms with Gasteiger partial charge >= 0.3 is 5.97 Å². The van der Waals surface area contributed by atoms with E-state index in [0.717, 1.165) is 61.3 Å². The van der Waals surface area contributed by atoms with Crippen molar-refractivity contribution in [3.8, 4) is 0 Å². The number of hydrogen-bond acceptors (Lipinski definition) is 4. The van der Waals surface area contributed by atoms with Gasteiger partial charge in [-0.2, -0.15) is 4.31 Å². The van der Waals surface area contributed by atoms with E-state index < -0.39 is 67.5 Å². The van der Waals surface area contributed by atoms with Gasteiger partial charge in [0.15, 0.2) is 28.2 Å². The molecule has 1 N–H and O–H groups in total. The van der Waals surface area contributed by atoms with Gasteiger partial charge in [0, 0.05) is 12.1 Å². The Morgan fingerprint density at radius 1 is 0.867 bits per heavy atom. The van der Waals surface area contributed by atoms with Crippen LogP contribution in [0.4, 0.5) is 27.6 Å². The number of carbonyl (C=O) groups excluding carboxylic acids is 1. The standard InChI is InChI=1S/C32H31F5N2O5S/c1-18-26(34)28(36)29(37)30(27(18)35)45(43,44)39-15-5-8-25(39)31(40)38(24-14-13-22(32(41)42)16-23(24)33)17-19-9-11-21(12-10-19)20-6-3-2-4-7-20/h9-14,16,20,25H,2-8,15,17H2,1H3,(H,41,42)/t25-/m1/s1. The first-order valence-corrected chi connectivity index (χ1v) is 16.0. The third kappa shape index (κ3) is 6.19. The van der Waals surface area contributed by atoms with Crippen molar-refractivity contribution in [1.82, 2.24) is 4.31 Å². The molecule has 0 aromatic heterocycles. The molecule has 0 radical (unpaired) electrons. The summed E-state index contributed by atoms with van der Waals surface area (Å²) in [6.45, 7) is 0.133. The molecule has 1 aliphatic heterocycles. The molecule has 5 rings (SSSR count). The smallest absolute Gasteiger partial charge is 0.335 e. The first kappa shape index (κ1) is 32.6. The van der Waals surface area contributed by atoms with Crippen LogP contribution in [0.3, 0.4) is 0 Å². The maximum atomic E-state index is 15.4. The normalized spacial score (nSPS) is 17.9. The van der Waals surface area contributed by atoms with E-state index in [4.69, 9.17) is 0 Å². The van der Waals surface area contributed by atoms with Crippen molar-refractivity contribution in [1.29, 1.82) is 0 Å². The van der Waals surface area contributed by atoms with E-state index in [2.05, 4.69) is 0 Å². The molecule has 45 heavy (non-hydrogen) atoms. The van der Waals surface area contributed by atoms with Crippen molar-refractivity contribution in [2.45, 2.75) is 75.3 Å². The molecule has 3 aromatic carbocycles. The van der Waals surface area contributed by atoms with Gasteiger partial charge in [0.05, 0.1) is 17.8 Å². The van der Waals surface area contributed by atoms with Crippen LogP contribution < -0.4 is 4.90 Å². The molecule has 0 bridgehead atoms. The van der Waals surface area contributed by atoms with Crippen LogP contribution in [0.25, 0.3) is 0 Å². The number of amides is 1. The minimum atomic E-state index is -5.23. The number of benzene rings is 3. The zero-order chi connectivity index (χ0) is 32.6. The number of sulfonamides is 1. The van der Waals surface area contributed by atoms with E-state index in [0.29, 0.717) is 15.8 Å². The second-order valence-corrected chi connectivity index (χ2v) is 13.3. The number of hydrogen-bond donors (Lipinski definition) is 1. The second kappa shape index (κ2) is 12.9. The first-order chi connectivity index (χ1) is 21.3. The van der Waals surface area contributed by atoms with Gasteiger partial charge in [-0.25, -0.2) is 35.2 Å². The summed E-state index contributed by atoms with van der Waals surface area (Å²) in [5, 5.41) is 9.29. The van der Waals surface area contributed by atoms with Gasteiger partial charge in [0.1, 0.15) is 11.9 Å². The van der Waals surface area contributed by atoms with Crippen molar-refractivity contribution in [2.24, 2.45) is 0 Å². The zero-order valence-corrected chi connectivity index (χ0v) is 25.1. The van der Waals surface area contributed by atoms with Gasteiger partial charge < -0.3 is 10.0 Å². The lowest BCUT2D eigenvalue weighted by Crippen LogP contribution is -2.48. The fourth-order valence-corrected chi connectivity index (χ4v) is 8.01. The highest BCUT2D eigenvalue weighted by Gasteiger charge is 2.45. The second-order valence-electron chi connectivity index (χ2n) is 11.5. The summed E-state index contributed by atoms with van der Waals surface area (Å²) in [6.07, 6.45) is 5.49. The summed E-state index contributed by atoms with van der Waals surface area (Å²) >= 11 is 0. The summed E-state index contributed by atoms with van der Waals surface area (Å²) in [7, 11) is -5.23. The number of aromatic carboxylic acids is 1. The number of carbonyl (C=O) groups is 2. The van der Waals surface area contributed by atoms with Crippen LogP contribution in [0.2, 0.25) is 0 Å². The fourth-order valence-electron chi connectivity index (χ4n) is 6.18. The van der Waals surface area contributed by atoms with E-state index in [1.807, 2.05) is 12.1 Å². The Morgan fingerprint density at radius 3 is 2.16 bits per heavy atom. The number of carboxylic acid groups (broad SMARTS) is 1. The van der Waals surface area contributed by atoms with Gasteiger partial charge in [0.25, 0.3) is 0 Å². The van der Waals surface area contributed by atoms with Gasteiger partial charge in [-0.3, -0.25) is 4.79 Å². The minimum Gasteiger partial charge on any atom is -0.478 e. The molecule has 1 atom stereocenters. The highest BCUT2D eigenvalue weighted by atomic mass is 32.2. The molecule has 240 valence electrons. The Balaban J connectivity index is 1.52. The lowest BCUT2D eigenvalue weighted by molar-refractivity contribution is -0.121. The molecule has 1 heterocycles. The average Bonchev–Trinajstić information content (AvgIpc) is 3.54. The molecule has 1 amide bonds. The van der Waals surface area contributed by atoms with E-state index in [-0.39, 0.29) is 37.2 Å². The SMILES string of the molecule is Cc1c(F)c(F)c(F)c(S(=O)(=O)N2CCC[C@@H]2C(=O)N(Cc2ccc(C3CCCCC3)cc2)c2ccc(C(=O)O)cc2F)c1F. The van der Waals surface area contributed by atoms with Crippen LogP contribution in [0.1, 0.15) is 77.9 Å². The molecular weight excluding hydrogens is 619 g/mol. The molecule has 7 nitrogen and oxygen atoms in total. The molecule has 1 saturated carbocycles. The Hall–Kier alpha value is -3.84. The molecule has 3 aromatic rings. The maximum Gasteiger partial charge on any atom is 0.335 e. The average molecular weight is 651 g/mol. The quantitative estimate of drug-likeness (QED) is 0.164. The van der Waals surface area contributed by atoms with Crippen molar-refractivity contribution in [3.63, 3.8) is 0 Å². The maximum absolute atomic E-state index is 15.4. The summed E-state index contributed by atoms with van der Waals surface area (Å²) in [6, 6.07) is 8.69. The molecule has 1 saturated heterocycles. The Labute approximate surface area is 257 Å². The Kier molecular flexibility index (Phi) is 9.31. The number of rotatable bonds is 8. The topological polar surface area (TPSA) is 95.0 Å². The lowest BCUT2D eigenvalue weighted by Gasteiger charge is -2.31. The van der Waals surface area contributed by atoms with Crippen molar-refractivity contribution in [3.05, 3.63) is 93.8 Å². The third-order valence-corrected chi connectivity index (χ3v) is 10.6. The van der Waals surface area contributed by atoms with E-state index in [1.54, 1.807) is 12.1 Å². The van der Waals surface area contributed by atoms with Crippen molar-refractivity contribution >= 4 is 27.6 Å². The van der Waals surface area contributed by atoms with E-state index in [9.17, 15) is 40.7 Å². The first-order valence-electron chi connectivity index (χ1n) is 14.6. The molecule has 13 heteroatoms. The lowest BCUT2D eigenvalue weighted by atomic mass is 9.84. The molecule has 2 fully saturated rings. The van der Waals surface area contributed by atoms with Crippen LogP contribution in [-0.4, -0.2) is 42.3 Å². The Morgan fingerprint density at radius 2 is 1.53 bits per heavy atom. The van der Waals surface area contributed by atoms with Crippen LogP contribution in [0, 0.1) is 36.0 Å². The predicted molar refractivity (Wildman–Crippen MR) is 155 cm³/mol. The summed E-state index contributed by atoms with van der Waals surface area (Å²) in [4.78, 5) is 24.7. The number of carboxylic acids is 1. The summed E-state index contributed by atoms with van der Waals surface area (Å²) in [5.41, 5.74) is -0.0945. The van der Waals surface area contributed by atoms with Gasteiger partial charge in [-0.05, 0) is 67.9 Å². The Bertz CT molecular complexity index is 1710. The third-order valence-electron chi connectivity index (χ3n) is 8.65. The van der Waals surface area contributed by atoms with E-state index in [1.165, 1.54) is 6.42 Å². The minimum absolute atomic E-state index is 0.0753. The summed E-state index contributed by atoms with van der Waals surface area (Å²) < 4.78 is 101. The predicted octanol–water partition coefficient (Wildman–Crippen LogP) is 6.82. The van der Waals surface area contributed by atoms with Crippen molar-refractivity contribution in [2.75, 3.05) is 11.4 Å². The van der Waals surface area contributed by atoms with Crippen LogP contribution >= 0.6 is 0 Å². The highest BCUT2D eigenvalue weighted by Crippen LogP contribution is 2.36. The van der Waals surface area contributed by atoms with Crippen LogP contribution in [0.15, 0.2) is 47.4 Å². The number of nitrogens with zero attached hydrogens (tertiary/aromatic N) is 2. The van der Waals surface area contributed by atoms with Gasteiger partial charge in [-0.1, -0.05) is 43.5 Å². The molecule has 1 aliphatic carbocycles. The highest BCUT2D eigenvalue weighted by molar-refractivity contribution is 7.89. The fraction of sp³-hybridized carbons (Fsp3) is 0.375. The number of anilines is 1. The molecule has 0 spiro atoms. The van der Waals surface area contributed by atoms with Gasteiger partial charge in [-0.15, -0.1) is 0 Å². The summed E-state index contributed by atoms with van der Waals surface area (Å²) in [5.74, 6) is -11.2. The van der Waals surface area contributed by atoms with Crippen molar-refractivity contribution < 1.29 is 45.1 Å². The number of halogens is 5. The van der Waals surface area contributed by atoms with E-state index >= 15 is 4.39 Å². The monoisotopic (exact) mass is 650 g/mol. The largest absolute Gasteiger partial charge is 0.478 e. The molecule has 2 aliphatic rings. The zero-order valence-electron chi connectivity index (χ0n) is 24.3. The molecule has 0 unspecified atom stereocenters.